The van der Waals surface area contributed by atoms with Crippen molar-refractivity contribution in [2.45, 2.75) is 0 Å². The number of fused-ring (bicyclic) bond motifs is 10. The average molecular weight is 671 g/mol. The number of aromatic nitrogens is 4. The number of para-hydroxylation sites is 3. The molecule has 11 rings (SSSR count). The molecule has 0 amide bonds. The van der Waals surface area contributed by atoms with E-state index in [0.29, 0.717) is 17.6 Å². The van der Waals surface area contributed by atoms with Crippen LogP contribution >= 0.6 is 11.3 Å². The van der Waals surface area contributed by atoms with Crippen molar-refractivity contribution in [1.29, 1.82) is 0 Å². The Morgan fingerprint density at radius 1 is 0.451 bits per heavy atom. The first-order valence-corrected chi connectivity index (χ1v) is 17.8. The van der Waals surface area contributed by atoms with Gasteiger partial charge in [0.25, 0.3) is 0 Å². The molecule has 0 N–H and O–H groups in total. The lowest BCUT2D eigenvalue weighted by Gasteiger charge is -2.11. The van der Waals surface area contributed by atoms with Crippen LogP contribution in [0.4, 0.5) is 0 Å². The molecule has 238 valence electrons. The Morgan fingerprint density at radius 2 is 1.14 bits per heavy atom. The summed E-state index contributed by atoms with van der Waals surface area (Å²) in [6.07, 6.45) is 0. The summed E-state index contributed by atoms with van der Waals surface area (Å²) >= 11 is 1.84. The molecule has 5 nitrogen and oxygen atoms in total. The predicted molar refractivity (Wildman–Crippen MR) is 211 cm³/mol. The summed E-state index contributed by atoms with van der Waals surface area (Å²) in [6, 6.07) is 54.9. The Morgan fingerprint density at radius 3 is 2.02 bits per heavy atom. The van der Waals surface area contributed by atoms with Gasteiger partial charge < -0.3 is 4.42 Å². The molecule has 0 aliphatic heterocycles. The van der Waals surface area contributed by atoms with Crippen LogP contribution in [0.5, 0.6) is 0 Å². The highest BCUT2D eigenvalue weighted by molar-refractivity contribution is 7.26. The summed E-state index contributed by atoms with van der Waals surface area (Å²) in [5.41, 5.74) is 7.72. The van der Waals surface area contributed by atoms with Crippen LogP contribution in [0.15, 0.2) is 162 Å². The predicted octanol–water partition coefficient (Wildman–Crippen LogP) is 12.2. The van der Waals surface area contributed by atoms with Crippen LogP contribution in [0.25, 0.3) is 104 Å². The fourth-order valence-electron chi connectivity index (χ4n) is 7.53. The summed E-state index contributed by atoms with van der Waals surface area (Å²) in [5, 5.41) is 7.01. The van der Waals surface area contributed by atoms with Crippen molar-refractivity contribution in [1.82, 2.24) is 19.5 Å². The molecule has 4 heterocycles. The summed E-state index contributed by atoms with van der Waals surface area (Å²) in [4.78, 5) is 15.6. The minimum absolute atomic E-state index is 0.556. The lowest BCUT2D eigenvalue weighted by molar-refractivity contribution is 0.669. The monoisotopic (exact) mass is 670 g/mol. The Balaban J connectivity index is 1.20. The standard InChI is InChI=1S/C45H26N4OS/c1-2-11-27(12-3-1)28-21-23-29(24-22-28)43-46-44(35-17-10-16-32-30-13-5-8-19-38(30)50-41(32)35)48-45(47-43)49-36-18-7-4-15-34(36)40-37(49)26-25-33-31-14-6-9-20-39(31)51-42(33)40/h1-26H. The van der Waals surface area contributed by atoms with Crippen LogP contribution in [0.2, 0.25) is 0 Å². The van der Waals surface area contributed by atoms with E-state index in [2.05, 4.69) is 132 Å². The van der Waals surface area contributed by atoms with E-state index in [-0.39, 0.29) is 0 Å². The van der Waals surface area contributed by atoms with Gasteiger partial charge in [-0.2, -0.15) is 9.97 Å². The second-order valence-corrected chi connectivity index (χ2v) is 13.8. The Hall–Kier alpha value is -6.63. The van der Waals surface area contributed by atoms with Crippen molar-refractivity contribution >= 4 is 75.3 Å². The van der Waals surface area contributed by atoms with Crippen LogP contribution in [0.1, 0.15) is 0 Å². The molecule has 0 aliphatic carbocycles. The quantitative estimate of drug-likeness (QED) is 0.187. The van der Waals surface area contributed by atoms with Gasteiger partial charge in [0.1, 0.15) is 11.2 Å². The summed E-state index contributed by atoms with van der Waals surface area (Å²) < 4.78 is 11.2. The van der Waals surface area contributed by atoms with Gasteiger partial charge in [-0.25, -0.2) is 4.98 Å². The van der Waals surface area contributed by atoms with Crippen LogP contribution in [0, 0.1) is 0 Å². The maximum absolute atomic E-state index is 6.49. The molecule has 0 saturated carbocycles. The summed E-state index contributed by atoms with van der Waals surface area (Å²) in [5.74, 6) is 1.71. The molecule has 0 unspecified atom stereocenters. The molecule has 0 saturated heterocycles. The van der Waals surface area contributed by atoms with Gasteiger partial charge in [-0.05, 0) is 41.5 Å². The maximum Gasteiger partial charge on any atom is 0.238 e. The van der Waals surface area contributed by atoms with Crippen molar-refractivity contribution in [2.75, 3.05) is 0 Å². The molecule has 6 heteroatoms. The zero-order chi connectivity index (χ0) is 33.5. The Bertz CT molecular complexity index is 3140. The minimum Gasteiger partial charge on any atom is -0.455 e. The van der Waals surface area contributed by atoms with Crippen molar-refractivity contribution < 1.29 is 4.42 Å². The van der Waals surface area contributed by atoms with Gasteiger partial charge in [0, 0.05) is 47.3 Å². The molecule has 11 aromatic rings. The number of benzene rings is 7. The molecular weight excluding hydrogens is 645 g/mol. The lowest BCUT2D eigenvalue weighted by atomic mass is 10.0. The van der Waals surface area contributed by atoms with Crippen molar-refractivity contribution in [2.24, 2.45) is 0 Å². The van der Waals surface area contributed by atoms with Gasteiger partial charge in [-0.1, -0.05) is 127 Å². The van der Waals surface area contributed by atoms with E-state index in [1.165, 1.54) is 30.9 Å². The second-order valence-electron chi connectivity index (χ2n) is 12.8. The molecule has 4 aromatic heterocycles. The van der Waals surface area contributed by atoms with E-state index in [4.69, 9.17) is 19.4 Å². The molecule has 0 bridgehead atoms. The molecule has 0 radical (unpaired) electrons. The fourth-order valence-corrected chi connectivity index (χ4v) is 8.79. The van der Waals surface area contributed by atoms with Gasteiger partial charge in [0.15, 0.2) is 11.6 Å². The molecule has 51 heavy (non-hydrogen) atoms. The van der Waals surface area contributed by atoms with Gasteiger partial charge in [0.05, 0.1) is 16.6 Å². The normalized spacial score (nSPS) is 11.9. The topological polar surface area (TPSA) is 56.7 Å². The third kappa shape index (κ3) is 4.30. The van der Waals surface area contributed by atoms with Gasteiger partial charge in [-0.3, -0.25) is 4.57 Å². The van der Waals surface area contributed by atoms with E-state index in [0.717, 1.165) is 55.2 Å². The highest BCUT2D eigenvalue weighted by Crippen LogP contribution is 2.43. The lowest BCUT2D eigenvalue weighted by Crippen LogP contribution is -2.06. The third-order valence-corrected chi connectivity index (χ3v) is 11.1. The average Bonchev–Trinajstić information content (AvgIpc) is 3.88. The van der Waals surface area contributed by atoms with E-state index in [9.17, 15) is 0 Å². The largest absolute Gasteiger partial charge is 0.455 e. The zero-order valence-electron chi connectivity index (χ0n) is 27.1. The Labute approximate surface area is 295 Å². The van der Waals surface area contributed by atoms with Crippen molar-refractivity contribution in [3.8, 4) is 39.9 Å². The third-order valence-electron chi connectivity index (χ3n) is 9.90. The van der Waals surface area contributed by atoms with Crippen LogP contribution < -0.4 is 0 Å². The second kappa shape index (κ2) is 10.9. The molecule has 0 spiro atoms. The molecular formula is C45H26N4OS. The van der Waals surface area contributed by atoms with Crippen LogP contribution in [-0.2, 0) is 0 Å². The molecule has 0 aliphatic rings. The zero-order valence-corrected chi connectivity index (χ0v) is 27.9. The summed E-state index contributed by atoms with van der Waals surface area (Å²) in [6.45, 7) is 0. The maximum atomic E-state index is 6.49. The van der Waals surface area contributed by atoms with Crippen molar-refractivity contribution in [3.63, 3.8) is 0 Å². The van der Waals surface area contributed by atoms with E-state index in [1.807, 2.05) is 41.7 Å². The van der Waals surface area contributed by atoms with Gasteiger partial charge in [-0.15, -0.1) is 11.3 Å². The SMILES string of the molecule is c1ccc(-c2ccc(-c3nc(-c4cccc5c4oc4ccccc45)nc(-n4c5ccccc5c5c6sc7ccccc7c6ccc54)n3)cc2)cc1. The molecule has 0 fully saturated rings. The minimum atomic E-state index is 0.556. The van der Waals surface area contributed by atoms with E-state index >= 15 is 0 Å². The van der Waals surface area contributed by atoms with E-state index in [1.54, 1.807) is 0 Å². The first kappa shape index (κ1) is 28.2. The number of furan rings is 1. The van der Waals surface area contributed by atoms with Crippen LogP contribution in [0.3, 0.4) is 0 Å². The number of thiophene rings is 1. The number of hydrogen-bond donors (Lipinski definition) is 0. The fraction of sp³-hybridized carbons (Fsp3) is 0. The molecule has 7 aromatic carbocycles. The Kier molecular flexibility index (Phi) is 6.05. The van der Waals surface area contributed by atoms with Gasteiger partial charge in [0.2, 0.25) is 5.95 Å². The van der Waals surface area contributed by atoms with Gasteiger partial charge >= 0.3 is 0 Å². The summed E-state index contributed by atoms with van der Waals surface area (Å²) in [7, 11) is 0. The highest BCUT2D eigenvalue weighted by Gasteiger charge is 2.22. The highest BCUT2D eigenvalue weighted by atomic mass is 32.1. The first-order valence-electron chi connectivity index (χ1n) is 16.9. The number of rotatable bonds is 4. The first-order chi connectivity index (χ1) is 25.3. The van der Waals surface area contributed by atoms with E-state index < -0.39 is 0 Å². The number of nitrogens with zero attached hydrogens (tertiary/aromatic N) is 4. The molecule has 0 atom stereocenters. The van der Waals surface area contributed by atoms with Crippen molar-refractivity contribution in [3.05, 3.63) is 158 Å². The van der Waals surface area contributed by atoms with Crippen LogP contribution in [-0.4, -0.2) is 19.5 Å². The number of hydrogen-bond acceptors (Lipinski definition) is 5. The smallest absolute Gasteiger partial charge is 0.238 e.